The number of morpholine rings is 1. The van der Waals surface area contributed by atoms with E-state index in [2.05, 4.69) is 4.98 Å². The average Bonchev–Trinajstić information content (AvgIpc) is 2.89. The van der Waals surface area contributed by atoms with Crippen molar-refractivity contribution >= 4 is 5.91 Å². The molecular weight excluding hydrogens is 292 g/mol. The number of ether oxygens (including phenoxy) is 1. The Bertz CT molecular complexity index is 708. The van der Waals surface area contributed by atoms with Crippen LogP contribution in [0.25, 0.3) is 11.5 Å². The molecule has 1 aliphatic heterocycles. The van der Waals surface area contributed by atoms with Crippen LogP contribution in [0.1, 0.15) is 23.9 Å². The van der Waals surface area contributed by atoms with Gasteiger partial charge in [0, 0.05) is 12.1 Å². The second kappa shape index (κ2) is 6.54. The van der Waals surface area contributed by atoms with Crippen LogP contribution in [0, 0.1) is 13.8 Å². The Morgan fingerprint density at radius 1 is 1.35 bits per heavy atom. The molecule has 0 N–H and O–H groups in total. The SMILES string of the molecule is Cc1ccccc1-c1nc(CC(=O)N2CCOCC2C)c(C)o1. The number of nitrogens with zero attached hydrogens (tertiary/aromatic N) is 2. The molecule has 1 aliphatic rings. The number of carbonyl (C=O) groups is 1. The highest BCUT2D eigenvalue weighted by atomic mass is 16.5. The standard InChI is InChI=1S/C18H22N2O3/c1-12-6-4-5-7-15(12)18-19-16(14(3)23-18)10-17(21)20-8-9-22-11-13(20)2/h4-7,13H,8-11H2,1-3H3. The molecule has 0 bridgehead atoms. The minimum atomic E-state index is 0.0773. The number of aromatic nitrogens is 1. The first-order chi connectivity index (χ1) is 11.1. The zero-order chi connectivity index (χ0) is 16.4. The molecule has 1 aromatic carbocycles. The molecule has 0 spiro atoms. The fourth-order valence-electron chi connectivity index (χ4n) is 2.86. The molecule has 2 aromatic rings. The van der Waals surface area contributed by atoms with E-state index in [1.54, 1.807) is 0 Å². The fourth-order valence-corrected chi connectivity index (χ4v) is 2.86. The highest BCUT2D eigenvalue weighted by molar-refractivity contribution is 5.79. The monoisotopic (exact) mass is 314 g/mol. The third kappa shape index (κ3) is 3.29. The Labute approximate surface area is 136 Å². The van der Waals surface area contributed by atoms with Crippen molar-refractivity contribution in [1.29, 1.82) is 0 Å². The molecule has 0 radical (unpaired) electrons. The van der Waals surface area contributed by atoms with Crippen LogP contribution in [-0.4, -0.2) is 41.6 Å². The lowest BCUT2D eigenvalue weighted by molar-refractivity contribution is -0.138. The largest absolute Gasteiger partial charge is 0.441 e. The smallest absolute Gasteiger partial charge is 0.229 e. The summed E-state index contributed by atoms with van der Waals surface area (Å²) in [6.45, 7) is 7.72. The second-order valence-electron chi connectivity index (χ2n) is 6.02. The summed E-state index contributed by atoms with van der Waals surface area (Å²) in [6, 6.07) is 8.06. The minimum Gasteiger partial charge on any atom is -0.441 e. The third-order valence-electron chi connectivity index (χ3n) is 4.27. The van der Waals surface area contributed by atoms with E-state index in [0.717, 1.165) is 11.1 Å². The lowest BCUT2D eigenvalue weighted by atomic mass is 10.1. The van der Waals surface area contributed by atoms with Gasteiger partial charge in [0.2, 0.25) is 11.8 Å². The summed E-state index contributed by atoms with van der Waals surface area (Å²) in [5.74, 6) is 1.37. The van der Waals surface area contributed by atoms with Crippen LogP contribution < -0.4 is 0 Å². The van der Waals surface area contributed by atoms with Crippen molar-refractivity contribution < 1.29 is 13.9 Å². The van der Waals surface area contributed by atoms with Gasteiger partial charge in [-0.25, -0.2) is 4.98 Å². The zero-order valence-corrected chi connectivity index (χ0v) is 13.8. The molecule has 1 aromatic heterocycles. The number of rotatable bonds is 3. The maximum Gasteiger partial charge on any atom is 0.229 e. The van der Waals surface area contributed by atoms with Gasteiger partial charge in [0.05, 0.1) is 31.4 Å². The van der Waals surface area contributed by atoms with Gasteiger partial charge in [0.1, 0.15) is 5.76 Å². The van der Waals surface area contributed by atoms with Crippen molar-refractivity contribution in [2.24, 2.45) is 0 Å². The van der Waals surface area contributed by atoms with Crippen LogP contribution in [0.3, 0.4) is 0 Å². The lowest BCUT2D eigenvalue weighted by Crippen LogP contribution is -2.47. The summed E-state index contributed by atoms with van der Waals surface area (Å²) >= 11 is 0. The van der Waals surface area contributed by atoms with E-state index >= 15 is 0 Å². The molecule has 122 valence electrons. The molecular formula is C18H22N2O3. The number of hydrogen-bond acceptors (Lipinski definition) is 4. The van der Waals surface area contributed by atoms with E-state index in [4.69, 9.17) is 9.15 Å². The zero-order valence-electron chi connectivity index (χ0n) is 13.8. The van der Waals surface area contributed by atoms with E-state index in [1.807, 2.05) is 49.9 Å². The van der Waals surface area contributed by atoms with Crippen LogP contribution >= 0.6 is 0 Å². The van der Waals surface area contributed by atoms with Gasteiger partial charge >= 0.3 is 0 Å². The summed E-state index contributed by atoms with van der Waals surface area (Å²) in [5, 5.41) is 0. The number of oxazole rings is 1. The highest BCUT2D eigenvalue weighted by Crippen LogP contribution is 2.25. The first-order valence-electron chi connectivity index (χ1n) is 7.96. The Kier molecular flexibility index (Phi) is 4.48. The van der Waals surface area contributed by atoms with Crippen molar-refractivity contribution in [1.82, 2.24) is 9.88 Å². The third-order valence-corrected chi connectivity index (χ3v) is 4.27. The number of aryl methyl sites for hydroxylation is 2. The van der Waals surface area contributed by atoms with Gasteiger partial charge in [-0.15, -0.1) is 0 Å². The van der Waals surface area contributed by atoms with Gasteiger partial charge in [-0.2, -0.15) is 0 Å². The normalized spacial score (nSPS) is 18.2. The summed E-state index contributed by atoms with van der Waals surface area (Å²) in [7, 11) is 0. The Morgan fingerprint density at radius 3 is 2.87 bits per heavy atom. The lowest BCUT2D eigenvalue weighted by Gasteiger charge is -2.33. The Balaban J connectivity index is 1.79. The van der Waals surface area contributed by atoms with Crippen LogP contribution in [0.5, 0.6) is 0 Å². The van der Waals surface area contributed by atoms with Crippen LogP contribution in [0.15, 0.2) is 28.7 Å². The average molecular weight is 314 g/mol. The molecule has 23 heavy (non-hydrogen) atoms. The molecule has 5 heteroatoms. The van der Waals surface area contributed by atoms with E-state index < -0.39 is 0 Å². The maximum absolute atomic E-state index is 12.5. The molecule has 1 amide bonds. The number of amides is 1. The van der Waals surface area contributed by atoms with Crippen LogP contribution in [-0.2, 0) is 16.0 Å². The van der Waals surface area contributed by atoms with Gasteiger partial charge in [-0.3, -0.25) is 4.79 Å². The molecule has 1 unspecified atom stereocenters. The van der Waals surface area contributed by atoms with Gasteiger partial charge in [0.15, 0.2) is 0 Å². The van der Waals surface area contributed by atoms with Crippen LogP contribution in [0.4, 0.5) is 0 Å². The van der Waals surface area contributed by atoms with E-state index in [9.17, 15) is 4.79 Å². The molecule has 1 atom stereocenters. The van der Waals surface area contributed by atoms with E-state index in [1.165, 1.54) is 0 Å². The topological polar surface area (TPSA) is 55.6 Å². The van der Waals surface area contributed by atoms with Crippen molar-refractivity contribution in [2.45, 2.75) is 33.2 Å². The van der Waals surface area contributed by atoms with Gasteiger partial charge < -0.3 is 14.1 Å². The van der Waals surface area contributed by atoms with Gasteiger partial charge in [0.25, 0.3) is 0 Å². The summed E-state index contributed by atoms with van der Waals surface area (Å²) in [4.78, 5) is 19.0. The first kappa shape index (κ1) is 15.7. The quantitative estimate of drug-likeness (QED) is 0.874. The molecule has 2 heterocycles. The van der Waals surface area contributed by atoms with Gasteiger partial charge in [-0.1, -0.05) is 18.2 Å². The Hall–Kier alpha value is -2.14. The minimum absolute atomic E-state index is 0.0773. The predicted octanol–water partition coefficient (Wildman–Crippen LogP) is 2.75. The van der Waals surface area contributed by atoms with Crippen molar-refractivity contribution in [3.8, 4) is 11.5 Å². The Morgan fingerprint density at radius 2 is 2.13 bits per heavy atom. The maximum atomic E-state index is 12.5. The fraction of sp³-hybridized carbons (Fsp3) is 0.444. The number of carbonyl (C=O) groups excluding carboxylic acids is 1. The van der Waals surface area contributed by atoms with Crippen molar-refractivity contribution in [2.75, 3.05) is 19.8 Å². The summed E-state index contributed by atoms with van der Waals surface area (Å²) in [5.41, 5.74) is 2.79. The summed E-state index contributed by atoms with van der Waals surface area (Å²) < 4.78 is 11.2. The second-order valence-corrected chi connectivity index (χ2v) is 6.02. The molecule has 1 fully saturated rings. The van der Waals surface area contributed by atoms with E-state index in [-0.39, 0.29) is 18.4 Å². The molecule has 0 aliphatic carbocycles. The predicted molar refractivity (Wildman–Crippen MR) is 87.1 cm³/mol. The highest BCUT2D eigenvalue weighted by Gasteiger charge is 2.25. The molecule has 3 rings (SSSR count). The van der Waals surface area contributed by atoms with Crippen molar-refractivity contribution in [3.63, 3.8) is 0 Å². The first-order valence-corrected chi connectivity index (χ1v) is 7.96. The number of benzene rings is 1. The van der Waals surface area contributed by atoms with Crippen LogP contribution in [0.2, 0.25) is 0 Å². The number of hydrogen-bond donors (Lipinski definition) is 0. The summed E-state index contributed by atoms with van der Waals surface area (Å²) in [6.07, 6.45) is 0.269. The van der Waals surface area contributed by atoms with Gasteiger partial charge in [-0.05, 0) is 32.4 Å². The molecule has 5 nitrogen and oxygen atoms in total. The molecule has 1 saturated heterocycles. The molecule has 0 saturated carbocycles. The van der Waals surface area contributed by atoms with E-state index in [0.29, 0.717) is 37.1 Å². The van der Waals surface area contributed by atoms with Crippen molar-refractivity contribution in [3.05, 3.63) is 41.3 Å².